The lowest BCUT2D eigenvalue weighted by molar-refractivity contribution is -0.143. The Labute approximate surface area is 230 Å². The maximum Gasteiger partial charge on any atom is 0.416 e. The molecule has 1 saturated heterocycles. The molecule has 2 aromatic heterocycles. The number of amides is 1. The van der Waals surface area contributed by atoms with Crippen LogP contribution in [0.15, 0.2) is 79.4 Å². The predicted molar refractivity (Wildman–Crippen MR) is 137 cm³/mol. The average molecular weight is 567 g/mol. The molecule has 1 amide bonds. The smallest absolute Gasteiger partial charge is 0.338 e. The van der Waals surface area contributed by atoms with Crippen LogP contribution in [0.25, 0.3) is 22.3 Å². The molecular formula is C30H20F6N4O. The van der Waals surface area contributed by atoms with Crippen molar-refractivity contribution in [2.75, 3.05) is 13.1 Å². The Bertz CT molecular complexity index is 1610. The lowest BCUT2D eigenvalue weighted by Crippen LogP contribution is -2.28. The molecule has 0 saturated carbocycles. The lowest BCUT2D eigenvalue weighted by Gasteiger charge is -2.20. The molecule has 5 rings (SSSR count). The predicted octanol–water partition coefficient (Wildman–Crippen LogP) is 7.35. The van der Waals surface area contributed by atoms with E-state index in [2.05, 4.69) is 9.97 Å². The molecule has 1 atom stereocenters. The van der Waals surface area contributed by atoms with Crippen LogP contribution < -0.4 is 0 Å². The van der Waals surface area contributed by atoms with Gasteiger partial charge in [0.15, 0.2) is 0 Å². The van der Waals surface area contributed by atoms with E-state index < -0.39 is 23.5 Å². The maximum atomic E-state index is 13.6. The van der Waals surface area contributed by atoms with E-state index in [9.17, 15) is 36.4 Å². The molecule has 1 fully saturated rings. The second kappa shape index (κ2) is 10.7. The zero-order valence-electron chi connectivity index (χ0n) is 21.2. The molecule has 0 aliphatic carbocycles. The fourth-order valence-electron chi connectivity index (χ4n) is 4.94. The molecule has 1 aliphatic heterocycles. The number of hydrogen-bond acceptors (Lipinski definition) is 4. The summed E-state index contributed by atoms with van der Waals surface area (Å²) in [6.45, 7) is 0.888. The average Bonchev–Trinajstić information content (AvgIpc) is 3.46. The van der Waals surface area contributed by atoms with Crippen molar-refractivity contribution >= 4 is 5.91 Å². The fourth-order valence-corrected chi connectivity index (χ4v) is 4.94. The number of aromatic nitrogens is 2. The summed E-state index contributed by atoms with van der Waals surface area (Å²) in [5, 5.41) is 9.35. The third kappa shape index (κ3) is 5.91. The molecule has 3 heterocycles. The van der Waals surface area contributed by atoms with Crippen molar-refractivity contribution in [2.24, 2.45) is 0 Å². The summed E-state index contributed by atoms with van der Waals surface area (Å²) >= 11 is 0. The number of pyridine rings is 2. The van der Waals surface area contributed by atoms with Crippen LogP contribution in [-0.4, -0.2) is 33.9 Å². The molecule has 0 radical (unpaired) electrons. The Balaban J connectivity index is 1.60. The largest absolute Gasteiger partial charge is 0.416 e. The highest BCUT2D eigenvalue weighted by atomic mass is 19.4. The molecule has 0 spiro atoms. The molecule has 1 unspecified atom stereocenters. The highest BCUT2D eigenvalue weighted by molar-refractivity contribution is 5.98. The standard InChI is InChI=1S/C30H20F6N4O/c31-29(32,33)24-9-22(10-25(12-24)30(34,35)36)26-4-3-19(11-27(26)23-8-18(13-37)14-39-16-23)28(41)40-7-5-21(17-40)20-2-1-6-38-15-20/h1-4,6,8-12,14-16,21H,5,7,17H2. The Morgan fingerprint density at radius 1 is 0.854 bits per heavy atom. The number of alkyl halides is 6. The normalized spacial score (nSPS) is 15.5. The second-order valence-electron chi connectivity index (χ2n) is 9.65. The number of carbonyl (C=O) groups is 1. The molecule has 1 aliphatic rings. The van der Waals surface area contributed by atoms with Crippen molar-refractivity contribution in [3.63, 3.8) is 0 Å². The number of benzene rings is 2. The van der Waals surface area contributed by atoms with Crippen molar-refractivity contribution in [3.8, 4) is 28.3 Å². The topological polar surface area (TPSA) is 69.9 Å². The first kappa shape index (κ1) is 27.8. The quantitative estimate of drug-likeness (QED) is 0.242. The molecule has 208 valence electrons. The van der Waals surface area contributed by atoms with Crippen LogP contribution in [-0.2, 0) is 12.4 Å². The van der Waals surface area contributed by atoms with E-state index in [1.165, 1.54) is 36.7 Å². The van der Waals surface area contributed by atoms with Gasteiger partial charge in [0, 0.05) is 54.9 Å². The summed E-state index contributed by atoms with van der Waals surface area (Å²) in [5.41, 5.74) is -1.52. The summed E-state index contributed by atoms with van der Waals surface area (Å²) in [6, 6.07) is 12.5. The number of likely N-dealkylation sites (tertiary alicyclic amines) is 1. The first-order valence-corrected chi connectivity index (χ1v) is 12.4. The molecule has 4 aromatic rings. The van der Waals surface area contributed by atoms with Crippen LogP contribution in [0, 0.1) is 11.3 Å². The van der Waals surface area contributed by atoms with Crippen molar-refractivity contribution in [3.05, 3.63) is 107 Å². The Hall–Kier alpha value is -4.72. The molecular weight excluding hydrogens is 546 g/mol. The van der Waals surface area contributed by atoms with Crippen LogP contribution in [0.5, 0.6) is 0 Å². The molecule has 0 N–H and O–H groups in total. The zero-order chi connectivity index (χ0) is 29.4. The van der Waals surface area contributed by atoms with Gasteiger partial charge in [-0.15, -0.1) is 0 Å². The Morgan fingerprint density at radius 2 is 1.59 bits per heavy atom. The highest BCUT2D eigenvalue weighted by Gasteiger charge is 2.37. The van der Waals surface area contributed by atoms with E-state index in [4.69, 9.17) is 0 Å². The zero-order valence-corrected chi connectivity index (χ0v) is 21.2. The maximum absolute atomic E-state index is 13.6. The van der Waals surface area contributed by atoms with Gasteiger partial charge in [-0.1, -0.05) is 12.1 Å². The number of carbonyl (C=O) groups excluding carboxylic acids is 1. The third-order valence-electron chi connectivity index (χ3n) is 6.97. The molecule has 41 heavy (non-hydrogen) atoms. The lowest BCUT2D eigenvalue weighted by atomic mass is 9.90. The van der Waals surface area contributed by atoms with Gasteiger partial charge in [0.1, 0.15) is 6.07 Å². The van der Waals surface area contributed by atoms with Gasteiger partial charge in [-0.25, -0.2) is 0 Å². The molecule has 5 nitrogen and oxygen atoms in total. The van der Waals surface area contributed by atoms with Gasteiger partial charge < -0.3 is 4.90 Å². The van der Waals surface area contributed by atoms with Gasteiger partial charge in [0.2, 0.25) is 0 Å². The van der Waals surface area contributed by atoms with E-state index in [1.807, 2.05) is 18.2 Å². The minimum Gasteiger partial charge on any atom is -0.338 e. The molecule has 0 bridgehead atoms. The van der Waals surface area contributed by atoms with E-state index >= 15 is 0 Å². The number of halogens is 6. The minimum atomic E-state index is -5.03. The van der Waals surface area contributed by atoms with E-state index in [0.717, 1.165) is 5.56 Å². The number of nitriles is 1. The fraction of sp³-hybridized carbons (Fsp3) is 0.200. The first-order valence-electron chi connectivity index (χ1n) is 12.4. The van der Waals surface area contributed by atoms with Crippen LogP contribution in [0.1, 0.15) is 45.0 Å². The van der Waals surface area contributed by atoms with Crippen LogP contribution in [0.3, 0.4) is 0 Å². The van der Waals surface area contributed by atoms with E-state index in [0.29, 0.717) is 31.6 Å². The Morgan fingerprint density at radius 3 is 2.22 bits per heavy atom. The monoisotopic (exact) mass is 566 g/mol. The summed E-state index contributed by atoms with van der Waals surface area (Å²) in [7, 11) is 0. The number of hydrogen-bond donors (Lipinski definition) is 0. The highest BCUT2D eigenvalue weighted by Crippen LogP contribution is 2.41. The van der Waals surface area contributed by atoms with Gasteiger partial charge >= 0.3 is 12.4 Å². The molecule has 11 heteroatoms. The van der Waals surface area contributed by atoms with Crippen LogP contribution >= 0.6 is 0 Å². The van der Waals surface area contributed by atoms with Crippen LogP contribution in [0.2, 0.25) is 0 Å². The summed E-state index contributed by atoms with van der Waals surface area (Å²) in [4.78, 5) is 23.3. The summed E-state index contributed by atoms with van der Waals surface area (Å²) < 4.78 is 81.6. The van der Waals surface area contributed by atoms with E-state index in [1.54, 1.807) is 17.3 Å². The van der Waals surface area contributed by atoms with Gasteiger partial charge in [-0.3, -0.25) is 14.8 Å². The van der Waals surface area contributed by atoms with E-state index in [-0.39, 0.29) is 51.3 Å². The molecule has 2 aromatic carbocycles. The number of nitrogens with zero attached hydrogens (tertiary/aromatic N) is 4. The minimum absolute atomic E-state index is 0.0182. The van der Waals surface area contributed by atoms with Crippen molar-refractivity contribution in [2.45, 2.75) is 24.7 Å². The third-order valence-corrected chi connectivity index (χ3v) is 6.97. The van der Waals surface area contributed by atoms with Crippen molar-refractivity contribution in [1.29, 1.82) is 5.26 Å². The van der Waals surface area contributed by atoms with Crippen LogP contribution in [0.4, 0.5) is 26.3 Å². The van der Waals surface area contributed by atoms with Crippen molar-refractivity contribution < 1.29 is 31.1 Å². The number of rotatable bonds is 4. The van der Waals surface area contributed by atoms with Gasteiger partial charge in [-0.05, 0) is 71.1 Å². The van der Waals surface area contributed by atoms with Gasteiger partial charge in [0.05, 0.1) is 16.7 Å². The van der Waals surface area contributed by atoms with Gasteiger partial charge in [-0.2, -0.15) is 31.6 Å². The first-order chi connectivity index (χ1) is 19.4. The SMILES string of the molecule is N#Cc1cncc(-c2cc(C(=O)N3CCC(c4cccnc4)C3)ccc2-c2cc(C(F)(F)F)cc(C(F)(F)F)c2)c1. The second-order valence-corrected chi connectivity index (χ2v) is 9.65. The summed E-state index contributed by atoms with van der Waals surface area (Å²) in [5.74, 6) is -0.262. The van der Waals surface area contributed by atoms with Gasteiger partial charge in [0.25, 0.3) is 5.91 Å². The Kier molecular flexibility index (Phi) is 7.26. The summed E-state index contributed by atoms with van der Waals surface area (Å²) in [6.07, 6.45) is -3.36. The van der Waals surface area contributed by atoms with Crippen molar-refractivity contribution in [1.82, 2.24) is 14.9 Å².